The number of aromatic hydroxyl groups is 1. The largest absolute Gasteiger partial charge is 0.507 e. The Labute approximate surface area is 123 Å². The first-order valence-corrected chi connectivity index (χ1v) is 7.15. The van der Waals surface area contributed by atoms with Gasteiger partial charge in [-0.3, -0.25) is 4.79 Å². The molecule has 1 aromatic heterocycles. The van der Waals surface area contributed by atoms with Gasteiger partial charge in [-0.15, -0.1) is 11.3 Å². The summed E-state index contributed by atoms with van der Waals surface area (Å²) in [5, 5.41) is 14.5. The lowest BCUT2D eigenvalue weighted by Gasteiger charge is -2.07. The summed E-state index contributed by atoms with van der Waals surface area (Å²) >= 11 is 4.91. The number of rotatable bonds is 4. The second kappa shape index (κ2) is 6.08. The van der Waals surface area contributed by atoms with Crippen LogP contribution < -0.4 is 10.1 Å². The number of halogens is 1. The van der Waals surface area contributed by atoms with Gasteiger partial charge in [-0.2, -0.15) is 0 Å². The molecule has 0 radical (unpaired) electrons. The van der Waals surface area contributed by atoms with Crippen LogP contribution in [0.4, 0.5) is 0 Å². The molecule has 0 saturated carbocycles. The van der Waals surface area contributed by atoms with E-state index >= 15 is 0 Å². The van der Waals surface area contributed by atoms with Crippen LogP contribution in [0.1, 0.15) is 15.2 Å². The second-order valence-corrected chi connectivity index (χ2v) is 5.71. The number of ether oxygens (including phenoxy) is 1. The molecule has 0 aliphatic heterocycles. The number of phenolic OH excluding ortho intramolecular Hbond substituents is 1. The van der Waals surface area contributed by atoms with Gasteiger partial charge < -0.3 is 15.2 Å². The zero-order chi connectivity index (χ0) is 13.8. The molecule has 2 N–H and O–H groups in total. The molecule has 0 spiro atoms. The highest BCUT2D eigenvalue weighted by Crippen LogP contribution is 2.24. The van der Waals surface area contributed by atoms with Gasteiger partial charge in [-0.25, -0.2) is 0 Å². The zero-order valence-electron chi connectivity index (χ0n) is 10.1. The van der Waals surface area contributed by atoms with Crippen molar-refractivity contribution in [2.24, 2.45) is 0 Å². The van der Waals surface area contributed by atoms with E-state index in [4.69, 9.17) is 4.74 Å². The van der Waals surface area contributed by atoms with E-state index in [1.165, 1.54) is 19.2 Å². The molecule has 1 heterocycles. The molecule has 6 heteroatoms. The predicted molar refractivity (Wildman–Crippen MR) is 77.8 cm³/mol. The molecule has 0 atom stereocenters. The number of phenols is 1. The maximum absolute atomic E-state index is 11.9. The number of benzene rings is 1. The van der Waals surface area contributed by atoms with E-state index < -0.39 is 0 Å². The van der Waals surface area contributed by atoms with E-state index in [0.717, 1.165) is 9.35 Å². The number of nitrogens with one attached hydrogen (secondary N) is 1. The van der Waals surface area contributed by atoms with Crippen LogP contribution in [0.2, 0.25) is 0 Å². The van der Waals surface area contributed by atoms with Crippen LogP contribution in [-0.2, 0) is 6.54 Å². The molecule has 1 amide bonds. The zero-order valence-corrected chi connectivity index (χ0v) is 12.5. The van der Waals surface area contributed by atoms with E-state index in [-0.39, 0.29) is 17.2 Å². The van der Waals surface area contributed by atoms with Gasteiger partial charge >= 0.3 is 0 Å². The third-order valence-corrected chi connectivity index (χ3v) is 4.19. The fourth-order valence-corrected chi connectivity index (χ4v) is 2.93. The SMILES string of the molecule is COc1ccc(C(=O)NCc2cc(Br)cs2)c(O)c1. The minimum atomic E-state index is -0.315. The van der Waals surface area contributed by atoms with Crippen LogP contribution in [0.5, 0.6) is 11.5 Å². The van der Waals surface area contributed by atoms with Gasteiger partial charge in [0.1, 0.15) is 11.5 Å². The Kier molecular flexibility index (Phi) is 4.44. The van der Waals surface area contributed by atoms with Gasteiger partial charge in [0.15, 0.2) is 0 Å². The van der Waals surface area contributed by atoms with Crippen LogP contribution in [0.25, 0.3) is 0 Å². The summed E-state index contributed by atoms with van der Waals surface area (Å²) < 4.78 is 5.96. The molecule has 4 nitrogen and oxygen atoms in total. The molecule has 2 rings (SSSR count). The van der Waals surface area contributed by atoms with Crippen LogP contribution >= 0.6 is 27.3 Å². The number of hydrogen-bond acceptors (Lipinski definition) is 4. The van der Waals surface area contributed by atoms with Crippen molar-refractivity contribution in [2.45, 2.75) is 6.54 Å². The van der Waals surface area contributed by atoms with Crippen molar-refractivity contribution in [3.8, 4) is 11.5 Å². The van der Waals surface area contributed by atoms with E-state index in [0.29, 0.717) is 12.3 Å². The number of carbonyl (C=O) groups is 1. The van der Waals surface area contributed by atoms with E-state index in [1.54, 1.807) is 17.4 Å². The summed E-state index contributed by atoms with van der Waals surface area (Å²) in [4.78, 5) is 13.0. The highest BCUT2D eigenvalue weighted by atomic mass is 79.9. The minimum Gasteiger partial charge on any atom is -0.507 e. The molecular weight excluding hydrogens is 330 g/mol. The van der Waals surface area contributed by atoms with E-state index in [9.17, 15) is 9.90 Å². The first-order chi connectivity index (χ1) is 9.10. The Bertz CT molecular complexity index is 597. The monoisotopic (exact) mass is 341 g/mol. The fraction of sp³-hybridized carbons (Fsp3) is 0.154. The Hall–Kier alpha value is -1.53. The lowest BCUT2D eigenvalue weighted by Crippen LogP contribution is -2.22. The molecular formula is C13H12BrNO3S. The van der Waals surface area contributed by atoms with Gasteiger partial charge in [0, 0.05) is 20.8 Å². The van der Waals surface area contributed by atoms with Crippen LogP contribution in [-0.4, -0.2) is 18.1 Å². The van der Waals surface area contributed by atoms with Crippen molar-refractivity contribution in [2.75, 3.05) is 7.11 Å². The van der Waals surface area contributed by atoms with Gasteiger partial charge in [-0.05, 0) is 34.1 Å². The summed E-state index contributed by atoms with van der Waals surface area (Å²) in [6, 6.07) is 6.53. The Balaban J connectivity index is 2.03. The average Bonchev–Trinajstić information content (AvgIpc) is 2.81. The van der Waals surface area contributed by atoms with Crippen molar-refractivity contribution >= 4 is 33.2 Å². The molecule has 0 unspecified atom stereocenters. The summed E-state index contributed by atoms with van der Waals surface area (Å²) in [6.07, 6.45) is 0. The smallest absolute Gasteiger partial charge is 0.255 e. The average molecular weight is 342 g/mol. The van der Waals surface area contributed by atoms with Crippen LogP contribution in [0, 0.1) is 0 Å². The quantitative estimate of drug-likeness (QED) is 0.897. The summed E-state index contributed by atoms with van der Waals surface area (Å²) in [6.45, 7) is 0.431. The number of carbonyl (C=O) groups excluding carboxylic acids is 1. The van der Waals surface area contributed by atoms with E-state index in [2.05, 4.69) is 21.2 Å². The highest BCUT2D eigenvalue weighted by molar-refractivity contribution is 9.10. The molecule has 0 aliphatic carbocycles. The maximum Gasteiger partial charge on any atom is 0.255 e. The fourth-order valence-electron chi connectivity index (χ4n) is 1.54. The minimum absolute atomic E-state index is 0.0933. The molecule has 0 fully saturated rings. The lowest BCUT2D eigenvalue weighted by atomic mass is 10.2. The topological polar surface area (TPSA) is 58.6 Å². The molecule has 1 aromatic carbocycles. The molecule has 19 heavy (non-hydrogen) atoms. The van der Waals surface area contributed by atoms with Crippen LogP contribution in [0.3, 0.4) is 0 Å². The maximum atomic E-state index is 11.9. The molecule has 0 aliphatic rings. The van der Waals surface area contributed by atoms with Crippen molar-refractivity contribution in [3.05, 3.63) is 44.6 Å². The molecule has 2 aromatic rings. The van der Waals surface area contributed by atoms with Crippen molar-refractivity contribution < 1.29 is 14.6 Å². The third kappa shape index (κ3) is 3.48. The first-order valence-electron chi connectivity index (χ1n) is 5.48. The predicted octanol–water partition coefficient (Wildman–Crippen LogP) is 3.15. The highest BCUT2D eigenvalue weighted by Gasteiger charge is 2.12. The Morgan fingerprint density at radius 1 is 1.47 bits per heavy atom. The Morgan fingerprint density at radius 2 is 2.26 bits per heavy atom. The second-order valence-electron chi connectivity index (χ2n) is 3.80. The van der Waals surface area contributed by atoms with Gasteiger partial charge in [-0.1, -0.05) is 0 Å². The first kappa shape index (κ1) is 13.9. The van der Waals surface area contributed by atoms with Crippen molar-refractivity contribution in [1.29, 1.82) is 0 Å². The van der Waals surface area contributed by atoms with Crippen LogP contribution in [0.15, 0.2) is 34.1 Å². The molecule has 0 saturated heterocycles. The molecule has 0 bridgehead atoms. The third-order valence-electron chi connectivity index (χ3n) is 2.49. The Morgan fingerprint density at radius 3 is 2.84 bits per heavy atom. The number of methoxy groups -OCH3 is 1. The lowest BCUT2D eigenvalue weighted by molar-refractivity contribution is 0.0948. The van der Waals surface area contributed by atoms with Crippen molar-refractivity contribution in [3.63, 3.8) is 0 Å². The summed E-state index contributed by atoms with van der Waals surface area (Å²) in [5.41, 5.74) is 0.233. The summed E-state index contributed by atoms with van der Waals surface area (Å²) in [7, 11) is 1.50. The van der Waals surface area contributed by atoms with E-state index in [1.807, 2.05) is 11.4 Å². The van der Waals surface area contributed by atoms with Gasteiger partial charge in [0.05, 0.1) is 19.2 Å². The number of hydrogen-bond donors (Lipinski definition) is 2. The molecule has 100 valence electrons. The summed E-state index contributed by atoms with van der Waals surface area (Å²) in [5.74, 6) is 0.102. The van der Waals surface area contributed by atoms with Gasteiger partial charge in [0.25, 0.3) is 5.91 Å². The number of thiophene rings is 1. The normalized spacial score (nSPS) is 10.2. The standard InChI is InChI=1S/C13H12BrNO3S/c1-18-9-2-3-11(12(16)5-9)13(17)15-6-10-4-8(14)7-19-10/h2-5,7,16H,6H2,1H3,(H,15,17). The van der Waals surface area contributed by atoms with Gasteiger partial charge in [0.2, 0.25) is 0 Å². The van der Waals surface area contributed by atoms with Crippen molar-refractivity contribution in [1.82, 2.24) is 5.32 Å². The number of amides is 1.